The van der Waals surface area contributed by atoms with E-state index in [-0.39, 0.29) is 18.4 Å². The van der Waals surface area contributed by atoms with Crippen LogP contribution in [0.4, 0.5) is 4.79 Å². The summed E-state index contributed by atoms with van der Waals surface area (Å²) in [4.78, 5) is 26.6. The molecule has 6 nitrogen and oxygen atoms in total. The predicted molar refractivity (Wildman–Crippen MR) is 77.7 cm³/mol. The fourth-order valence-corrected chi connectivity index (χ4v) is 2.61. The number of likely N-dealkylation sites (N-methyl/N-ethyl adjacent to an activating group) is 1. The van der Waals surface area contributed by atoms with E-state index in [2.05, 4.69) is 24.1 Å². The first kappa shape index (κ1) is 16.8. The van der Waals surface area contributed by atoms with E-state index < -0.39 is 5.97 Å². The van der Waals surface area contributed by atoms with E-state index in [9.17, 15) is 9.59 Å². The van der Waals surface area contributed by atoms with E-state index in [1.165, 1.54) is 0 Å². The average Bonchev–Trinajstić information content (AvgIpc) is 2.85. The van der Waals surface area contributed by atoms with Crippen molar-refractivity contribution in [2.45, 2.75) is 33.1 Å². The maximum atomic E-state index is 12.0. The molecule has 1 fully saturated rings. The van der Waals surface area contributed by atoms with Crippen molar-refractivity contribution in [1.29, 1.82) is 0 Å². The number of amides is 2. The van der Waals surface area contributed by atoms with Crippen LogP contribution in [0.25, 0.3) is 0 Å². The molecule has 0 saturated carbocycles. The Morgan fingerprint density at radius 3 is 2.70 bits per heavy atom. The van der Waals surface area contributed by atoms with Crippen molar-refractivity contribution >= 4 is 12.0 Å². The summed E-state index contributed by atoms with van der Waals surface area (Å²) in [5, 5.41) is 11.7. The van der Waals surface area contributed by atoms with Gasteiger partial charge in [-0.05, 0) is 31.8 Å². The van der Waals surface area contributed by atoms with Gasteiger partial charge in [0.15, 0.2) is 0 Å². The number of hydrogen-bond acceptors (Lipinski definition) is 3. The van der Waals surface area contributed by atoms with Crippen molar-refractivity contribution in [2.24, 2.45) is 5.92 Å². The summed E-state index contributed by atoms with van der Waals surface area (Å²) in [5.74, 6) is -0.680. The Balaban J connectivity index is 2.21. The second-order valence-electron chi connectivity index (χ2n) is 5.36. The fraction of sp³-hybridized carbons (Fsp3) is 0.857. The lowest BCUT2D eigenvalue weighted by atomic mass is 10.1. The smallest absolute Gasteiger partial charge is 0.317 e. The Morgan fingerprint density at radius 2 is 2.10 bits per heavy atom. The van der Waals surface area contributed by atoms with Crippen LogP contribution >= 0.6 is 0 Å². The Kier molecular flexibility index (Phi) is 7.36. The number of likely N-dealkylation sites (tertiary alicyclic amines) is 1. The third kappa shape index (κ3) is 5.77. The molecule has 116 valence electrons. The molecule has 6 heteroatoms. The molecule has 0 aromatic carbocycles. The van der Waals surface area contributed by atoms with E-state index in [0.29, 0.717) is 19.6 Å². The lowest BCUT2D eigenvalue weighted by Crippen LogP contribution is -2.42. The number of carbonyl (C=O) groups excluding carboxylic acids is 1. The van der Waals surface area contributed by atoms with E-state index in [0.717, 1.165) is 32.5 Å². The maximum Gasteiger partial charge on any atom is 0.317 e. The Hall–Kier alpha value is -1.30. The molecule has 0 aliphatic carbocycles. The zero-order valence-electron chi connectivity index (χ0n) is 12.6. The molecule has 1 heterocycles. The molecular weight excluding hydrogens is 258 g/mol. The van der Waals surface area contributed by atoms with Crippen molar-refractivity contribution in [2.75, 3.05) is 39.3 Å². The molecule has 0 aromatic heterocycles. The fourth-order valence-electron chi connectivity index (χ4n) is 2.61. The van der Waals surface area contributed by atoms with Crippen LogP contribution in [0.15, 0.2) is 0 Å². The highest BCUT2D eigenvalue weighted by Crippen LogP contribution is 2.19. The number of carbonyl (C=O) groups is 2. The zero-order chi connectivity index (χ0) is 15.0. The molecule has 20 heavy (non-hydrogen) atoms. The van der Waals surface area contributed by atoms with Crippen LogP contribution < -0.4 is 5.32 Å². The number of carboxylic acid groups (broad SMARTS) is 1. The van der Waals surface area contributed by atoms with Crippen molar-refractivity contribution in [1.82, 2.24) is 15.1 Å². The molecule has 0 radical (unpaired) electrons. The van der Waals surface area contributed by atoms with Gasteiger partial charge in [-0.2, -0.15) is 0 Å². The van der Waals surface area contributed by atoms with Crippen molar-refractivity contribution < 1.29 is 14.7 Å². The molecular formula is C14H27N3O3. The van der Waals surface area contributed by atoms with Gasteiger partial charge in [-0.15, -0.1) is 0 Å². The number of rotatable bonds is 8. The number of hydrogen-bond donors (Lipinski definition) is 2. The second kappa shape index (κ2) is 8.79. The number of nitrogens with zero attached hydrogens (tertiary/aromatic N) is 2. The van der Waals surface area contributed by atoms with Crippen LogP contribution in [0.2, 0.25) is 0 Å². The number of nitrogens with one attached hydrogen (secondary N) is 1. The normalized spacial score (nSPS) is 18.6. The van der Waals surface area contributed by atoms with Crippen LogP contribution in [0, 0.1) is 5.92 Å². The number of carboxylic acids is 1. The summed E-state index contributed by atoms with van der Waals surface area (Å²) in [6, 6.07) is -0.0644. The summed E-state index contributed by atoms with van der Waals surface area (Å²) < 4.78 is 0. The number of aliphatic carboxylic acids is 1. The molecule has 1 saturated heterocycles. The highest BCUT2D eigenvalue weighted by molar-refractivity contribution is 5.74. The van der Waals surface area contributed by atoms with E-state index >= 15 is 0 Å². The van der Waals surface area contributed by atoms with Crippen molar-refractivity contribution in [3.63, 3.8) is 0 Å². The largest absolute Gasteiger partial charge is 0.481 e. The molecule has 1 rings (SSSR count). The minimum absolute atomic E-state index is 0.0644. The van der Waals surface area contributed by atoms with Crippen LogP contribution in [-0.4, -0.2) is 66.2 Å². The van der Waals surface area contributed by atoms with Gasteiger partial charge in [0.05, 0.1) is 0 Å². The Labute approximate surface area is 121 Å². The van der Waals surface area contributed by atoms with Gasteiger partial charge in [-0.25, -0.2) is 4.79 Å². The average molecular weight is 285 g/mol. The molecule has 2 amide bonds. The monoisotopic (exact) mass is 285 g/mol. The van der Waals surface area contributed by atoms with Crippen LogP contribution in [-0.2, 0) is 4.79 Å². The first-order valence-corrected chi connectivity index (χ1v) is 7.53. The van der Waals surface area contributed by atoms with Crippen molar-refractivity contribution in [3.8, 4) is 0 Å². The van der Waals surface area contributed by atoms with Crippen LogP contribution in [0.1, 0.15) is 33.1 Å². The molecule has 1 aliphatic rings. The lowest BCUT2D eigenvalue weighted by Gasteiger charge is -2.21. The third-order valence-corrected chi connectivity index (χ3v) is 3.73. The highest BCUT2D eigenvalue weighted by Gasteiger charge is 2.27. The number of urea groups is 1. The van der Waals surface area contributed by atoms with Gasteiger partial charge in [0.2, 0.25) is 0 Å². The molecule has 0 spiro atoms. The van der Waals surface area contributed by atoms with E-state index in [1.54, 1.807) is 4.90 Å². The van der Waals surface area contributed by atoms with Gasteiger partial charge in [-0.3, -0.25) is 4.79 Å². The van der Waals surface area contributed by atoms with E-state index in [4.69, 9.17) is 5.11 Å². The van der Waals surface area contributed by atoms with Gasteiger partial charge in [-0.1, -0.05) is 13.8 Å². The first-order valence-electron chi connectivity index (χ1n) is 7.53. The summed E-state index contributed by atoms with van der Waals surface area (Å²) >= 11 is 0. The molecule has 2 N–H and O–H groups in total. The second-order valence-corrected chi connectivity index (χ2v) is 5.36. The Morgan fingerprint density at radius 1 is 1.35 bits per heavy atom. The van der Waals surface area contributed by atoms with Crippen LogP contribution in [0.5, 0.6) is 0 Å². The van der Waals surface area contributed by atoms with Gasteiger partial charge >= 0.3 is 12.0 Å². The van der Waals surface area contributed by atoms with E-state index in [1.807, 2.05) is 0 Å². The molecule has 1 aliphatic heterocycles. The minimum Gasteiger partial charge on any atom is -0.481 e. The zero-order valence-corrected chi connectivity index (χ0v) is 12.6. The predicted octanol–water partition coefficient (Wildman–Crippen LogP) is 1.22. The minimum atomic E-state index is -0.782. The van der Waals surface area contributed by atoms with Crippen LogP contribution in [0.3, 0.4) is 0 Å². The summed E-state index contributed by atoms with van der Waals surface area (Å²) in [6.45, 7) is 9.05. The topological polar surface area (TPSA) is 72.9 Å². The first-order chi connectivity index (χ1) is 9.56. The van der Waals surface area contributed by atoms with Crippen molar-refractivity contribution in [3.05, 3.63) is 0 Å². The van der Waals surface area contributed by atoms with Gasteiger partial charge < -0.3 is 20.2 Å². The summed E-state index contributed by atoms with van der Waals surface area (Å²) in [7, 11) is 0. The van der Waals surface area contributed by atoms with Gasteiger partial charge in [0, 0.05) is 32.6 Å². The van der Waals surface area contributed by atoms with Gasteiger partial charge in [0.1, 0.15) is 0 Å². The SMILES string of the molecule is CCCN(CC)CCNC(=O)N1CCC(CC(=O)O)C1. The molecule has 0 bridgehead atoms. The lowest BCUT2D eigenvalue weighted by molar-refractivity contribution is -0.138. The quantitative estimate of drug-likeness (QED) is 0.703. The third-order valence-electron chi connectivity index (χ3n) is 3.73. The summed E-state index contributed by atoms with van der Waals surface area (Å²) in [5.41, 5.74) is 0. The van der Waals surface area contributed by atoms with Gasteiger partial charge in [0.25, 0.3) is 0 Å². The Bertz CT molecular complexity index is 323. The summed E-state index contributed by atoms with van der Waals surface area (Å²) in [6.07, 6.45) is 2.06. The maximum absolute atomic E-state index is 12.0. The molecule has 0 aromatic rings. The molecule has 1 atom stereocenters. The standard InChI is InChI=1S/C14H27N3O3/c1-3-7-16(4-2)9-6-15-14(20)17-8-5-12(11-17)10-13(18)19/h12H,3-11H2,1-2H3,(H,15,20)(H,18,19). The molecule has 1 unspecified atom stereocenters. The highest BCUT2D eigenvalue weighted by atomic mass is 16.4.